The molecule has 8 heteroatoms. The lowest BCUT2D eigenvalue weighted by atomic mass is 10.2. The molecule has 3 heterocycles. The van der Waals surface area contributed by atoms with E-state index in [2.05, 4.69) is 15.4 Å². The van der Waals surface area contributed by atoms with Gasteiger partial charge in [-0.3, -0.25) is 4.79 Å². The minimum atomic E-state index is -0.753. The van der Waals surface area contributed by atoms with E-state index < -0.39 is 18.1 Å². The van der Waals surface area contributed by atoms with Crippen molar-refractivity contribution >= 4 is 28.9 Å². The average Bonchev–Trinajstić information content (AvgIpc) is 3.11. The van der Waals surface area contributed by atoms with Crippen molar-refractivity contribution in [2.24, 2.45) is 5.10 Å². The molecule has 3 amide bonds. The lowest BCUT2D eigenvalue weighted by molar-refractivity contribution is -0.128. The summed E-state index contributed by atoms with van der Waals surface area (Å²) in [6, 6.07) is 5.74. The van der Waals surface area contributed by atoms with E-state index in [9.17, 15) is 9.59 Å². The molecular weight excluding hydrogens is 310 g/mol. The van der Waals surface area contributed by atoms with Gasteiger partial charge in [0.2, 0.25) is 5.90 Å². The summed E-state index contributed by atoms with van der Waals surface area (Å²) in [5.74, 6) is 0.492. The normalized spacial score (nSPS) is 23.0. The fraction of sp³-hybridized carbons (Fsp3) is 0.375. The van der Waals surface area contributed by atoms with Gasteiger partial charge < -0.3 is 10.1 Å². The highest BCUT2D eigenvalue weighted by atomic mass is 16.5. The summed E-state index contributed by atoms with van der Waals surface area (Å²) in [6.07, 6.45) is -0.139. The molecule has 1 N–H and O–H groups in total. The van der Waals surface area contributed by atoms with Gasteiger partial charge in [-0.25, -0.2) is 19.4 Å². The fourth-order valence-corrected chi connectivity index (χ4v) is 3.00. The van der Waals surface area contributed by atoms with E-state index in [0.717, 1.165) is 15.9 Å². The topological polar surface area (TPSA) is 88.8 Å². The first-order chi connectivity index (χ1) is 11.5. The summed E-state index contributed by atoms with van der Waals surface area (Å²) in [6.45, 7) is 5.39. The summed E-state index contributed by atoms with van der Waals surface area (Å²) < 4.78 is 7.41. The van der Waals surface area contributed by atoms with Crippen LogP contribution >= 0.6 is 0 Å². The molecule has 2 atom stereocenters. The fourth-order valence-electron chi connectivity index (χ4n) is 3.00. The highest BCUT2D eigenvalue weighted by Crippen LogP contribution is 2.34. The van der Waals surface area contributed by atoms with Crippen molar-refractivity contribution in [1.29, 1.82) is 0 Å². The van der Waals surface area contributed by atoms with E-state index in [-0.39, 0.29) is 12.0 Å². The molecule has 2 aromatic rings. The maximum Gasteiger partial charge on any atom is 0.325 e. The van der Waals surface area contributed by atoms with Gasteiger partial charge in [-0.1, -0.05) is 12.1 Å². The second-order valence-corrected chi connectivity index (χ2v) is 6.16. The number of nitrogens with one attached hydrogen (secondary N) is 1. The largest absolute Gasteiger partial charge is 0.475 e. The molecule has 0 saturated carbocycles. The number of aromatic nitrogens is 2. The third-order valence-electron chi connectivity index (χ3n) is 4.02. The minimum Gasteiger partial charge on any atom is -0.475 e. The Hall–Kier alpha value is -2.90. The maximum absolute atomic E-state index is 12.5. The van der Waals surface area contributed by atoms with Crippen molar-refractivity contribution in [3.8, 4) is 0 Å². The van der Waals surface area contributed by atoms with E-state index in [1.165, 1.54) is 0 Å². The number of benzene rings is 1. The van der Waals surface area contributed by atoms with Crippen LogP contribution in [0.4, 0.5) is 4.79 Å². The van der Waals surface area contributed by atoms with Gasteiger partial charge in [-0.2, -0.15) is 0 Å². The predicted molar refractivity (Wildman–Crippen MR) is 86.4 cm³/mol. The number of imide groups is 1. The molecule has 0 spiro atoms. The average molecular weight is 327 g/mol. The minimum absolute atomic E-state index is 0.139. The number of urea groups is 1. The molecular formula is C16H17N5O3. The molecule has 8 nitrogen and oxygen atoms in total. The molecule has 2 aliphatic rings. The SMILES string of the molecule is CC(C)OC1=Nn2c(nc3ccccc32)C1N1C(=O)NC(C)C1=O. The number of fused-ring (bicyclic) bond motifs is 3. The number of imidazole rings is 1. The van der Waals surface area contributed by atoms with Crippen molar-refractivity contribution < 1.29 is 14.3 Å². The van der Waals surface area contributed by atoms with Crippen LogP contribution in [-0.4, -0.2) is 44.5 Å². The number of hydrogen-bond donors (Lipinski definition) is 1. The second-order valence-electron chi connectivity index (χ2n) is 6.16. The van der Waals surface area contributed by atoms with E-state index in [1.54, 1.807) is 11.6 Å². The molecule has 0 bridgehead atoms. The van der Waals surface area contributed by atoms with Gasteiger partial charge in [0.1, 0.15) is 6.04 Å². The van der Waals surface area contributed by atoms with Crippen LogP contribution in [0.25, 0.3) is 11.0 Å². The van der Waals surface area contributed by atoms with Crippen LogP contribution in [0.15, 0.2) is 29.4 Å². The lowest BCUT2D eigenvalue weighted by Crippen LogP contribution is -2.39. The Morgan fingerprint density at radius 2 is 2.00 bits per heavy atom. The van der Waals surface area contributed by atoms with Crippen LogP contribution in [0.3, 0.4) is 0 Å². The number of rotatable bonds is 2. The molecule has 4 rings (SSSR count). The Morgan fingerprint density at radius 3 is 2.67 bits per heavy atom. The van der Waals surface area contributed by atoms with Gasteiger partial charge in [-0.15, -0.1) is 5.10 Å². The summed E-state index contributed by atoms with van der Waals surface area (Å²) in [4.78, 5) is 30.5. The Bertz CT molecular complexity index is 885. The molecule has 0 radical (unpaired) electrons. The van der Waals surface area contributed by atoms with Crippen LogP contribution < -0.4 is 5.32 Å². The zero-order valence-electron chi connectivity index (χ0n) is 13.6. The summed E-state index contributed by atoms with van der Waals surface area (Å²) in [5, 5.41) is 7.10. The number of ether oxygens (including phenoxy) is 1. The van der Waals surface area contributed by atoms with Crippen molar-refractivity contribution in [3.63, 3.8) is 0 Å². The number of nitrogens with zero attached hydrogens (tertiary/aromatic N) is 4. The Morgan fingerprint density at radius 1 is 1.25 bits per heavy atom. The zero-order chi connectivity index (χ0) is 17.0. The number of carbonyl (C=O) groups is 2. The smallest absolute Gasteiger partial charge is 0.325 e. The summed E-state index contributed by atoms with van der Waals surface area (Å²) in [7, 11) is 0. The van der Waals surface area contributed by atoms with Gasteiger partial charge in [0.05, 0.1) is 17.1 Å². The molecule has 0 aliphatic carbocycles. The van der Waals surface area contributed by atoms with E-state index >= 15 is 0 Å². The van der Waals surface area contributed by atoms with Crippen molar-refractivity contribution in [1.82, 2.24) is 19.9 Å². The van der Waals surface area contributed by atoms with Gasteiger partial charge in [0, 0.05) is 0 Å². The van der Waals surface area contributed by atoms with Crippen LogP contribution in [0.1, 0.15) is 32.6 Å². The van der Waals surface area contributed by atoms with Crippen LogP contribution in [-0.2, 0) is 9.53 Å². The first-order valence-corrected chi connectivity index (χ1v) is 7.84. The monoisotopic (exact) mass is 327 g/mol. The zero-order valence-corrected chi connectivity index (χ0v) is 13.6. The second kappa shape index (κ2) is 5.05. The van der Waals surface area contributed by atoms with E-state index in [0.29, 0.717) is 11.7 Å². The van der Waals surface area contributed by atoms with Gasteiger partial charge >= 0.3 is 6.03 Å². The summed E-state index contributed by atoms with van der Waals surface area (Å²) in [5.41, 5.74) is 1.56. The maximum atomic E-state index is 12.5. The predicted octanol–water partition coefficient (Wildman–Crippen LogP) is 1.62. The lowest BCUT2D eigenvalue weighted by Gasteiger charge is -2.22. The van der Waals surface area contributed by atoms with Crippen LogP contribution in [0.5, 0.6) is 0 Å². The van der Waals surface area contributed by atoms with Gasteiger partial charge in [0.15, 0.2) is 11.9 Å². The summed E-state index contributed by atoms with van der Waals surface area (Å²) >= 11 is 0. The number of para-hydroxylation sites is 2. The third kappa shape index (κ3) is 1.99. The molecule has 24 heavy (non-hydrogen) atoms. The Kier molecular flexibility index (Phi) is 3.09. The highest BCUT2D eigenvalue weighted by Gasteiger charge is 2.48. The first kappa shape index (κ1) is 14.7. The third-order valence-corrected chi connectivity index (χ3v) is 4.02. The van der Waals surface area contributed by atoms with E-state index in [4.69, 9.17) is 4.74 Å². The number of amides is 3. The standard InChI is InChI=1S/C16H17N5O3/c1-8(2)24-14-12(20-15(22)9(3)17-16(20)23)13-18-10-6-4-5-7-11(10)21(13)19-14/h4-9,12H,1-3H3,(H,17,23). The highest BCUT2D eigenvalue weighted by molar-refractivity contribution is 6.08. The molecule has 1 aromatic heterocycles. The molecule has 1 aromatic carbocycles. The quantitative estimate of drug-likeness (QED) is 0.849. The van der Waals surface area contributed by atoms with E-state index in [1.807, 2.05) is 38.1 Å². The van der Waals surface area contributed by atoms with Crippen molar-refractivity contribution in [2.75, 3.05) is 0 Å². The molecule has 1 saturated heterocycles. The Labute approximate surface area is 138 Å². The number of carbonyl (C=O) groups excluding carboxylic acids is 2. The molecule has 2 unspecified atom stereocenters. The molecule has 1 fully saturated rings. The van der Waals surface area contributed by atoms with Crippen LogP contribution in [0.2, 0.25) is 0 Å². The molecule has 2 aliphatic heterocycles. The molecule has 124 valence electrons. The van der Waals surface area contributed by atoms with Crippen molar-refractivity contribution in [2.45, 2.75) is 39.0 Å². The number of hydrogen-bond acceptors (Lipinski definition) is 5. The van der Waals surface area contributed by atoms with Gasteiger partial charge in [-0.05, 0) is 32.9 Å². The van der Waals surface area contributed by atoms with Crippen LogP contribution in [0, 0.1) is 0 Å². The Balaban J connectivity index is 1.87. The van der Waals surface area contributed by atoms with Gasteiger partial charge in [0.25, 0.3) is 5.91 Å². The van der Waals surface area contributed by atoms with Crippen molar-refractivity contribution in [3.05, 3.63) is 30.1 Å². The first-order valence-electron chi connectivity index (χ1n) is 7.84.